The van der Waals surface area contributed by atoms with Crippen LogP contribution >= 0.6 is 0 Å². The van der Waals surface area contributed by atoms with Crippen LogP contribution in [0.15, 0.2) is 36.5 Å². The predicted molar refractivity (Wildman–Crippen MR) is 79.9 cm³/mol. The number of aliphatic hydroxyl groups is 1. The quantitative estimate of drug-likeness (QED) is 0.769. The number of anilines is 2. The molecule has 0 spiro atoms. The van der Waals surface area contributed by atoms with Gasteiger partial charge in [-0.25, -0.2) is 4.52 Å². The van der Waals surface area contributed by atoms with E-state index in [1.165, 1.54) is 0 Å². The summed E-state index contributed by atoms with van der Waals surface area (Å²) < 4.78 is 7.05. The van der Waals surface area contributed by atoms with Crippen LogP contribution in [0.4, 0.5) is 11.6 Å². The first-order valence-corrected chi connectivity index (χ1v) is 6.57. The number of methoxy groups -OCH3 is 1. The average molecular weight is 284 g/mol. The van der Waals surface area contributed by atoms with Crippen LogP contribution in [-0.2, 0) is 6.61 Å². The van der Waals surface area contributed by atoms with Crippen LogP contribution in [0.5, 0.6) is 5.75 Å². The summed E-state index contributed by atoms with van der Waals surface area (Å²) in [5.74, 6) is 1.13. The van der Waals surface area contributed by atoms with Gasteiger partial charge in [0.15, 0.2) is 5.65 Å². The average Bonchev–Trinajstić information content (AvgIpc) is 2.89. The van der Waals surface area contributed by atoms with E-state index in [4.69, 9.17) is 9.84 Å². The van der Waals surface area contributed by atoms with E-state index in [0.717, 1.165) is 22.5 Å². The lowest BCUT2D eigenvalue weighted by Gasteiger charge is -2.09. The van der Waals surface area contributed by atoms with Crippen molar-refractivity contribution in [3.05, 3.63) is 47.7 Å². The van der Waals surface area contributed by atoms with Gasteiger partial charge in [0, 0.05) is 6.20 Å². The van der Waals surface area contributed by atoms with Gasteiger partial charge >= 0.3 is 0 Å². The smallest absolute Gasteiger partial charge is 0.247 e. The molecule has 0 unspecified atom stereocenters. The molecule has 3 aromatic rings. The van der Waals surface area contributed by atoms with Crippen molar-refractivity contribution in [3.63, 3.8) is 0 Å². The maximum atomic E-state index is 9.16. The second-order valence-electron chi connectivity index (χ2n) is 4.76. The molecule has 6 nitrogen and oxygen atoms in total. The van der Waals surface area contributed by atoms with Crippen molar-refractivity contribution >= 4 is 17.3 Å². The van der Waals surface area contributed by atoms with Crippen molar-refractivity contribution in [2.24, 2.45) is 0 Å². The minimum absolute atomic E-state index is 0.0253. The first kappa shape index (κ1) is 13.4. The minimum Gasteiger partial charge on any atom is -0.495 e. The summed E-state index contributed by atoms with van der Waals surface area (Å²) >= 11 is 0. The summed E-state index contributed by atoms with van der Waals surface area (Å²) in [6.45, 7) is 1.98. The number of ether oxygens (including phenoxy) is 1. The lowest BCUT2D eigenvalue weighted by atomic mass is 10.2. The van der Waals surface area contributed by atoms with Crippen molar-refractivity contribution in [1.82, 2.24) is 14.6 Å². The van der Waals surface area contributed by atoms with Crippen molar-refractivity contribution in [2.45, 2.75) is 13.5 Å². The number of aliphatic hydroxyl groups excluding tert-OH is 1. The largest absolute Gasteiger partial charge is 0.495 e. The Balaban J connectivity index is 1.94. The van der Waals surface area contributed by atoms with Crippen molar-refractivity contribution < 1.29 is 9.84 Å². The second kappa shape index (κ2) is 5.41. The third-order valence-electron chi connectivity index (χ3n) is 3.17. The molecular weight excluding hydrogens is 268 g/mol. The fourth-order valence-corrected chi connectivity index (χ4v) is 2.10. The number of nitrogens with one attached hydrogen (secondary N) is 1. The lowest BCUT2D eigenvalue weighted by molar-refractivity contribution is 0.281. The molecule has 0 aliphatic rings. The van der Waals surface area contributed by atoms with E-state index in [1.807, 2.05) is 37.4 Å². The molecule has 0 atom stereocenters. The molecule has 2 heterocycles. The highest BCUT2D eigenvalue weighted by molar-refractivity contribution is 5.64. The van der Waals surface area contributed by atoms with E-state index < -0.39 is 0 Å². The van der Waals surface area contributed by atoms with Crippen LogP contribution < -0.4 is 10.1 Å². The van der Waals surface area contributed by atoms with E-state index in [1.54, 1.807) is 17.7 Å². The molecule has 1 aromatic carbocycles. The Kier molecular flexibility index (Phi) is 3.45. The summed E-state index contributed by atoms with van der Waals surface area (Å²) in [6.07, 6.45) is 1.92. The van der Waals surface area contributed by atoms with E-state index in [0.29, 0.717) is 11.7 Å². The van der Waals surface area contributed by atoms with Gasteiger partial charge in [0.05, 0.1) is 19.4 Å². The molecule has 0 aliphatic heterocycles. The Morgan fingerprint density at radius 1 is 1.29 bits per heavy atom. The molecule has 0 radical (unpaired) electrons. The highest BCUT2D eigenvalue weighted by Gasteiger charge is 2.08. The van der Waals surface area contributed by atoms with Crippen LogP contribution in [0.1, 0.15) is 11.1 Å². The molecule has 0 amide bonds. The van der Waals surface area contributed by atoms with Crippen molar-refractivity contribution in [2.75, 3.05) is 12.4 Å². The molecule has 6 heteroatoms. The number of nitrogens with zero attached hydrogens (tertiary/aromatic N) is 3. The third kappa shape index (κ3) is 2.66. The fraction of sp³-hybridized carbons (Fsp3) is 0.200. The molecule has 2 N–H and O–H groups in total. The molecular formula is C15H16N4O2. The van der Waals surface area contributed by atoms with Crippen molar-refractivity contribution in [3.8, 4) is 5.75 Å². The Hall–Kier alpha value is -2.60. The summed E-state index contributed by atoms with van der Waals surface area (Å²) in [5.41, 5.74) is 3.43. The van der Waals surface area contributed by atoms with Crippen molar-refractivity contribution in [1.29, 1.82) is 0 Å². The molecule has 0 bridgehead atoms. The number of hydrogen-bond acceptors (Lipinski definition) is 5. The highest BCUT2D eigenvalue weighted by atomic mass is 16.5. The van der Waals surface area contributed by atoms with Crippen LogP contribution in [0, 0.1) is 6.92 Å². The Bertz CT molecular complexity index is 782. The van der Waals surface area contributed by atoms with Gasteiger partial charge in [0.2, 0.25) is 5.95 Å². The second-order valence-corrected chi connectivity index (χ2v) is 4.76. The normalized spacial score (nSPS) is 10.8. The molecule has 21 heavy (non-hydrogen) atoms. The molecule has 0 saturated carbocycles. The predicted octanol–water partition coefficient (Wildman–Crippen LogP) is 2.28. The van der Waals surface area contributed by atoms with E-state index in [-0.39, 0.29) is 6.61 Å². The summed E-state index contributed by atoms with van der Waals surface area (Å²) in [4.78, 5) is 4.40. The number of aryl methyl sites for hydroxylation is 1. The van der Waals surface area contributed by atoms with Gasteiger partial charge in [-0.2, -0.15) is 4.98 Å². The van der Waals surface area contributed by atoms with Gasteiger partial charge in [0.1, 0.15) is 5.75 Å². The number of hydrogen-bond donors (Lipinski definition) is 2. The highest BCUT2D eigenvalue weighted by Crippen LogP contribution is 2.27. The van der Waals surface area contributed by atoms with Crippen LogP contribution in [0.2, 0.25) is 0 Å². The molecule has 108 valence electrons. The monoisotopic (exact) mass is 284 g/mol. The maximum absolute atomic E-state index is 9.16. The fourth-order valence-electron chi connectivity index (χ4n) is 2.10. The number of benzene rings is 1. The zero-order chi connectivity index (χ0) is 14.8. The van der Waals surface area contributed by atoms with E-state index >= 15 is 0 Å². The maximum Gasteiger partial charge on any atom is 0.247 e. The summed E-state index contributed by atoms with van der Waals surface area (Å²) in [7, 11) is 1.59. The van der Waals surface area contributed by atoms with Gasteiger partial charge in [-0.3, -0.25) is 0 Å². The zero-order valence-electron chi connectivity index (χ0n) is 11.9. The lowest BCUT2D eigenvalue weighted by Crippen LogP contribution is -1.98. The Morgan fingerprint density at radius 2 is 2.14 bits per heavy atom. The van der Waals surface area contributed by atoms with E-state index in [9.17, 15) is 0 Å². The van der Waals surface area contributed by atoms with Gasteiger partial charge in [0.25, 0.3) is 0 Å². The van der Waals surface area contributed by atoms with Crippen LogP contribution in [-0.4, -0.2) is 26.8 Å². The Morgan fingerprint density at radius 3 is 2.90 bits per heavy atom. The van der Waals surface area contributed by atoms with Gasteiger partial charge < -0.3 is 15.2 Å². The molecule has 3 rings (SSSR count). The van der Waals surface area contributed by atoms with Gasteiger partial charge in [-0.1, -0.05) is 12.1 Å². The summed E-state index contributed by atoms with van der Waals surface area (Å²) in [6, 6.07) is 9.35. The number of pyridine rings is 1. The zero-order valence-corrected chi connectivity index (χ0v) is 11.9. The standard InChI is InChI=1S/C15H16N4O2/c1-10-3-6-14-17-15(18-19(14)8-10)16-12-5-4-11(9-20)7-13(12)21-2/h3-8,20H,9H2,1-2H3,(H,16,18). The topological polar surface area (TPSA) is 71.7 Å². The van der Waals surface area contributed by atoms with Gasteiger partial charge in [-0.15, -0.1) is 5.10 Å². The van der Waals surface area contributed by atoms with E-state index in [2.05, 4.69) is 15.4 Å². The third-order valence-corrected chi connectivity index (χ3v) is 3.17. The first-order chi connectivity index (χ1) is 10.2. The Labute approximate surface area is 122 Å². The SMILES string of the molecule is COc1cc(CO)ccc1Nc1nc2ccc(C)cn2n1. The minimum atomic E-state index is -0.0253. The van der Waals surface area contributed by atoms with Crippen LogP contribution in [0.3, 0.4) is 0 Å². The first-order valence-electron chi connectivity index (χ1n) is 6.57. The number of fused-ring (bicyclic) bond motifs is 1. The molecule has 0 aliphatic carbocycles. The number of rotatable bonds is 4. The van der Waals surface area contributed by atoms with Gasteiger partial charge in [-0.05, 0) is 36.2 Å². The summed E-state index contributed by atoms with van der Waals surface area (Å²) in [5, 5.41) is 16.7. The molecule has 2 aromatic heterocycles. The molecule has 0 saturated heterocycles. The van der Waals surface area contributed by atoms with Crippen LogP contribution in [0.25, 0.3) is 5.65 Å². The number of aromatic nitrogens is 3. The molecule has 0 fully saturated rings.